The van der Waals surface area contributed by atoms with Crippen LogP contribution in [0.2, 0.25) is 0 Å². The molecule has 1 aliphatic rings. The van der Waals surface area contributed by atoms with Crippen LogP contribution in [0.3, 0.4) is 0 Å². The maximum absolute atomic E-state index is 6.13. The maximum Gasteiger partial charge on any atom is 0.119 e. The standard InChI is InChI=1S/C18H29NO/c1-4-14-6-10-16(11-7-14)20-17-12-8-15(9-13-17)18(5-2)19-3/h8-9,12-14,16,18-19H,4-7,10-11H2,1-3H3. The first-order valence-electron chi connectivity index (χ1n) is 8.20. The Morgan fingerprint density at radius 1 is 1.10 bits per heavy atom. The molecule has 112 valence electrons. The number of hydrogen-bond donors (Lipinski definition) is 1. The Bertz CT molecular complexity index is 375. The zero-order valence-corrected chi connectivity index (χ0v) is 13.2. The van der Waals surface area contributed by atoms with Crippen LogP contribution < -0.4 is 10.1 Å². The molecule has 1 aliphatic carbocycles. The lowest BCUT2D eigenvalue weighted by atomic mass is 9.86. The van der Waals surface area contributed by atoms with E-state index in [9.17, 15) is 0 Å². The molecule has 1 fully saturated rings. The minimum absolute atomic E-state index is 0.426. The number of nitrogens with one attached hydrogen (secondary N) is 1. The number of benzene rings is 1. The van der Waals surface area contributed by atoms with Gasteiger partial charge in [0.15, 0.2) is 0 Å². The van der Waals surface area contributed by atoms with Crippen molar-refractivity contribution < 1.29 is 4.74 Å². The van der Waals surface area contributed by atoms with Crippen molar-refractivity contribution in [1.29, 1.82) is 0 Å². The highest BCUT2D eigenvalue weighted by molar-refractivity contribution is 5.29. The van der Waals surface area contributed by atoms with Gasteiger partial charge in [0.05, 0.1) is 6.10 Å². The first-order valence-corrected chi connectivity index (χ1v) is 8.20. The summed E-state index contributed by atoms with van der Waals surface area (Å²) in [4.78, 5) is 0. The molecule has 1 unspecified atom stereocenters. The third kappa shape index (κ3) is 3.99. The molecule has 1 atom stereocenters. The summed E-state index contributed by atoms with van der Waals surface area (Å²) in [5.41, 5.74) is 1.34. The predicted octanol–water partition coefficient (Wildman–Crippen LogP) is 4.70. The second kappa shape index (κ2) is 7.68. The molecule has 1 aromatic rings. The van der Waals surface area contributed by atoms with Crippen molar-refractivity contribution >= 4 is 0 Å². The van der Waals surface area contributed by atoms with Crippen molar-refractivity contribution in [3.8, 4) is 5.75 Å². The summed E-state index contributed by atoms with van der Waals surface area (Å²) in [6, 6.07) is 9.08. The van der Waals surface area contributed by atoms with Gasteiger partial charge >= 0.3 is 0 Å². The molecular formula is C18H29NO. The summed E-state index contributed by atoms with van der Waals surface area (Å²) >= 11 is 0. The van der Waals surface area contributed by atoms with Crippen molar-refractivity contribution in [2.45, 2.75) is 64.5 Å². The summed E-state index contributed by atoms with van der Waals surface area (Å²) in [6.45, 7) is 4.51. The Labute approximate surface area is 123 Å². The first-order chi connectivity index (χ1) is 9.76. The zero-order valence-electron chi connectivity index (χ0n) is 13.2. The van der Waals surface area contributed by atoms with E-state index < -0.39 is 0 Å². The lowest BCUT2D eigenvalue weighted by Crippen LogP contribution is -2.23. The van der Waals surface area contributed by atoms with Crippen molar-refractivity contribution in [2.75, 3.05) is 7.05 Å². The molecule has 0 heterocycles. The highest BCUT2D eigenvalue weighted by Crippen LogP contribution is 2.29. The Kier molecular flexibility index (Phi) is 5.90. The smallest absolute Gasteiger partial charge is 0.119 e. The maximum atomic E-state index is 6.13. The lowest BCUT2D eigenvalue weighted by molar-refractivity contribution is 0.130. The van der Waals surface area contributed by atoms with Crippen LogP contribution in [-0.4, -0.2) is 13.2 Å². The zero-order chi connectivity index (χ0) is 14.4. The normalized spacial score (nSPS) is 24.4. The number of rotatable bonds is 6. The average molecular weight is 275 g/mol. The minimum Gasteiger partial charge on any atom is -0.490 e. The largest absolute Gasteiger partial charge is 0.490 e. The summed E-state index contributed by atoms with van der Waals surface area (Å²) < 4.78 is 6.13. The van der Waals surface area contributed by atoms with Crippen LogP contribution in [0.5, 0.6) is 5.75 Å². The molecule has 0 radical (unpaired) electrons. The fraction of sp³-hybridized carbons (Fsp3) is 0.667. The van der Waals surface area contributed by atoms with Crippen LogP contribution in [0.1, 0.15) is 64.0 Å². The van der Waals surface area contributed by atoms with Crippen LogP contribution >= 0.6 is 0 Å². The molecule has 2 heteroatoms. The molecule has 0 amide bonds. The predicted molar refractivity (Wildman–Crippen MR) is 85.2 cm³/mol. The SMILES string of the molecule is CCC1CCC(Oc2ccc(C(CC)NC)cc2)CC1. The van der Waals surface area contributed by atoms with Crippen molar-refractivity contribution in [3.05, 3.63) is 29.8 Å². The molecule has 2 rings (SSSR count). The van der Waals surface area contributed by atoms with E-state index in [2.05, 4.69) is 43.4 Å². The van der Waals surface area contributed by atoms with Gasteiger partial charge in [-0.3, -0.25) is 0 Å². The summed E-state index contributed by atoms with van der Waals surface area (Å²) in [6.07, 6.45) is 7.95. The molecule has 0 saturated heterocycles. The lowest BCUT2D eigenvalue weighted by Gasteiger charge is -2.28. The topological polar surface area (TPSA) is 21.3 Å². The van der Waals surface area contributed by atoms with Crippen LogP contribution in [0.25, 0.3) is 0 Å². The van der Waals surface area contributed by atoms with Crippen LogP contribution in [-0.2, 0) is 0 Å². The third-order valence-electron chi connectivity index (χ3n) is 4.71. The minimum atomic E-state index is 0.426. The fourth-order valence-electron chi connectivity index (χ4n) is 3.24. The molecule has 0 aliphatic heterocycles. The Hall–Kier alpha value is -1.02. The van der Waals surface area contributed by atoms with Crippen molar-refractivity contribution in [3.63, 3.8) is 0 Å². The molecule has 1 saturated carbocycles. The van der Waals surface area contributed by atoms with Gasteiger partial charge in [0.25, 0.3) is 0 Å². The number of ether oxygens (including phenoxy) is 1. The van der Waals surface area contributed by atoms with E-state index in [-0.39, 0.29) is 0 Å². The molecule has 0 bridgehead atoms. The summed E-state index contributed by atoms with van der Waals surface area (Å²) in [7, 11) is 2.02. The molecule has 0 spiro atoms. The van der Waals surface area contributed by atoms with Gasteiger partial charge in [0.1, 0.15) is 5.75 Å². The highest BCUT2D eigenvalue weighted by Gasteiger charge is 2.21. The highest BCUT2D eigenvalue weighted by atomic mass is 16.5. The van der Waals surface area contributed by atoms with Gasteiger partial charge < -0.3 is 10.1 Å². The van der Waals surface area contributed by atoms with Gasteiger partial charge in [-0.25, -0.2) is 0 Å². The van der Waals surface area contributed by atoms with E-state index in [1.807, 2.05) is 7.05 Å². The Balaban J connectivity index is 1.88. The molecule has 0 aromatic heterocycles. The van der Waals surface area contributed by atoms with Gasteiger partial charge in [0.2, 0.25) is 0 Å². The van der Waals surface area contributed by atoms with E-state index in [0.29, 0.717) is 12.1 Å². The van der Waals surface area contributed by atoms with Gasteiger partial charge in [-0.2, -0.15) is 0 Å². The van der Waals surface area contributed by atoms with Gasteiger partial charge in [-0.15, -0.1) is 0 Å². The van der Waals surface area contributed by atoms with E-state index in [1.54, 1.807) is 0 Å². The molecule has 1 N–H and O–H groups in total. The summed E-state index contributed by atoms with van der Waals surface area (Å²) in [5, 5.41) is 3.34. The molecule has 20 heavy (non-hydrogen) atoms. The molecule has 2 nitrogen and oxygen atoms in total. The van der Waals surface area contributed by atoms with Crippen LogP contribution in [0.15, 0.2) is 24.3 Å². The Morgan fingerprint density at radius 2 is 1.75 bits per heavy atom. The van der Waals surface area contributed by atoms with Gasteiger partial charge in [-0.05, 0) is 62.8 Å². The third-order valence-corrected chi connectivity index (χ3v) is 4.71. The van der Waals surface area contributed by atoms with E-state index >= 15 is 0 Å². The molecular weight excluding hydrogens is 246 g/mol. The van der Waals surface area contributed by atoms with E-state index in [1.165, 1.54) is 37.7 Å². The Morgan fingerprint density at radius 3 is 2.25 bits per heavy atom. The average Bonchev–Trinajstić information content (AvgIpc) is 2.51. The number of hydrogen-bond acceptors (Lipinski definition) is 2. The quantitative estimate of drug-likeness (QED) is 0.812. The van der Waals surface area contributed by atoms with Crippen molar-refractivity contribution in [1.82, 2.24) is 5.32 Å². The van der Waals surface area contributed by atoms with Crippen LogP contribution in [0, 0.1) is 5.92 Å². The van der Waals surface area contributed by atoms with Crippen molar-refractivity contribution in [2.24, 2.45) is 5.92 Å². The van der Waals surface area contributed by atoms with E-state index in [4.69, 9.17) is 4.74 Å². The van der Waals surface area contributed by atoms with E-state index in [0.717, 1.165) is 18.1 Å². The second-order valence-corrected chi connectivity index (χ2v) is 5.99. The second-order valence-electron chi connectivity index (χ2n) is 5.99. The van der Waals surface area contributed by atoms with Crippen LogP contribution in [0.4, 0.5) is 0 Å². The molecule has 1 aromatic carbocycles. The van der Waals surface area contributed by atoms with Gasteiger partial charge in [0, 0.05) is 6.04 Å². The monoisotopic (exact) mass is 275 g/mol. The summed E-state index contributed by atoms with van der Waals surface area (Å²) in [5.74, 6) is 1.96. The van der Waals surface area contributed by atoms with Gasteiger partial charge in [-0.1, -0.05) is 32.4 Å². The first kappa shape index (κ1) is 15.4. The fourth-order valence-corrected chi connectivity index (χ4v) is 3.24.